The zero-order chi connectivity index (χ0) is 24.5. The van der Waals surface area contributed by atoms with Gasteiger partial charge in [0.25, 0.3) is 0 Å². The van der Waals surface area contributed by atoms with E-state index in [1.807, 2.05) is 0 Å². The van der Waals surface area contributed by atoms with Crippen molar-refractivity contribution >= 4 is 23.7 Å². The lowest BCUT2D eigenvalue weighted by molar-refractivity contribution is -0.145. The molecule has 0 aromatic carbocycles. The molecule has 5 atom stereocenters. The number of carboxylic acid groups (broad SMARTS) is 1. The Hall–Kier alpha value is -3.78. The highest BCUT2D eigenvalue weighted by atomic mass is 16.4. The number of aromatic nitrogens is 4. The zero-order valence-corrected chi connectivity index (χ0v) is 18.1. The summed E-state index contributed by atoms with van der Waals surface area (Å²) in [6.45, 7) is 2.63. The Morgan fingerprint density at radius 1 is 0.939 bits per heavy atom. The number of carbonyl (C=O) groups excluding carboxylic acids is 3. The minimum absolute atomic E-state index is 0.0380. The Labute approximate surface area is 188 Å². The van der Waals surface area contributed by atoms with Crippen LogP contribution in [-0.2, 0) is 32.0 Å². The number of imidazole rings is 2. The molecule has 14 heteroatoms. The Kier molecular flexibility index (Phi) is 9.06. The van der Waals surface area contributed by atoms with Gasteiger partial charge in [-0.3, -0.25) is 14.4 Å². The quantitative estimate of drug-likeness (QED) is 0.162. The monoisotopic (exact) mass is 464 g/mol. The van der Waals surface area contributed by atoms with E-state index in [2.05, 4.69) is 35.9 Å². The van der Waals surface area contributed by atoms with Crippen molar-refractivity contribution in [2.45, 2.75) is 57.0 Å². The molecule has 0 aliphatic carbocycles. The minimum atomic E-state index is -1.57. The number of amides is 3. The summed E-state index contributed by atoms with van der Waals surface area (Å²) in [5, 5.41) is 26.0. The molecule has 2 aromatic rings. The minimum Gasteiger partial charge on any atom is -0.480 e. The molecule has 0 bridgehead atoms. The lowest BCUT2D eigenvalue weighted by Gasteiger charge is -2.24. The van der Waals surface area contributed by atoms with E-state index in [1.165, 1.54) is 38.9 Å². The highest BCUT2D eigenvalue weighted by Gasteiger charge is 2.31. The summed E-state index contributed by atoms with van der Waals surface area (Å²) in [5.74, 6) is -3.54. The van der Waals surface area contributed by atoms with Gasteiger partial charge in [-0.05, 0) is 13.8 Å². The van der Waals surface area contributed by atoms with Crippen LogP contribution in [0.5, 0.6) is 0 Å². The summed E-state index contributed by atoms with van der Waals surface area (Å²) in [7, 11) is 0. The Balaban J connectivity index is 2.02. The lowest BCUT2D eigenvalue weighted by Crippen LogP contribution is -2.58. The second kappa shape index (κ2) is 11.7. The Bertz CT molecular complexity index is 930. The van der Waals surface area contributed by atoms with Crippen LogP contribution in [0.4, 0.5) is 0 Å². The fraction of sp³-hybridized carbons (Fsp3) is 0.474. The fourth-order valence-corrected chi connectivity index (χ4v) is 2.88. The molecule has 2 heterocycles. The van der Waals surface area contributed by atoms with E-state index >= 15 is 0 Å². The van der Waals surface area contributed by atoms with Crippen LogP contribution in [0.25, 0.3) is 0 Å². The van der Waals surface area contributed by atoms with Crippen molar-refractivity contribution in [1.82, 2.24) is 35.9 Å². The molecule has 2 rings (SSSR count). The number of aromatic amines is 2. The van der Waals surface area contributed by atoms with Crippen LogP contribution < -0.4 is 21.7 Å². The van der Waals surface area contributed by atoms with Crippen molar-refractivity contribution in [2.24, 2.45) is 5.73 Å². The van der Waals surface area contributed by atoms with Crippen molar-refractivity contribution in [1.29, 1.82) is 0 Å². The van der Waals surface area contributed by atoms with Gasteiger partial charge < -0.3 is 41.9 Å². The van der Waals surface area contributed by atoms with Crippen LogP contribution in [0.15, 0.2) is 25.0 Å². The van der Waals surface area contributed by atoms with Crippen LogP contribution in [0, 0.1) is 0 Å². The maximum atomic E-state index is 12.7. The summed E-state index contributed by atoms with van der Waals surface area (Å²) < 4.78 is 0. The second-order valence-corrected chi connectivity index (χ2v) is 7.52. The first-order valence-corrected chi connectivity index (χ1v) is 10.1. The molecule has 0 radical (unpaired) electrons. The smallest absolute Gasteiger partial charge is 0.328 e. The van der Waals surface area contributed by atoms with Gasteiger partial charge in [-0.25, -0.2) is 14.8 Å². The zero-order valence-electron chi connectivity index (χ0n) is 18.1. The van der Waals surface area contributed by atoms with Gasteiger partial charge in [-0.1, -0.05) is 0 Å². The molecular formula is C19H28N8O6. The van der Waals surface area contributed by atoms with Gasteiger partial charge in [-0.15, -0.1) is 0 Å². The van der Waals surface area contributed by atoms with Crippen molar-refractivity contribution < 1.29 is 29.4 Å². The van der Waals surface area contributed by atoms with Crippen LogP contribution in [-0.4, -0.2) is 84.1 Å². The van der Waals surface area contributed by atoms with E-state index in [9.17, 15) is 29.4 Å². The standard InChI is InChI=1S/C19H28N8O6/c1-9(25-17(30)13(20)3-11-5-21-7-23-11)16(29)26-14(4-12-6-22-8-24-12)18(31)27-15(10(2)28)19(32)33/h5-10,13-15,28H,3-4,20H2,1-2H3,(H,21,23)(H,22,24)(H,25,30)(H,26,29)(H,27,31)(H,32,33). The van der Waals surface area contributed by atoms with E-state index in [0.717, 1.165) is 0 Å². The fourth-order valence-electron chi connectivity index (χ4n) is 2.88. The molecule has 0 aliphatic heterocycles. The molecule has 0 aliphatic rings. The maximum Gasteiger partial charge on any atom is 0.328 e. The average Bonchev–Trinajstić information content (AvgIpc) is 3.44. The number of H-pyrrole nitrogens is 2. The number of nitrogens with zero attached hydrogens (tertiary/aromatic N) is 2. The Morgan fingerprint density at radius 3 is 2.00 bits per heavy atom. The van der Waals surface area contributed by atoms with Crippen LogP contribution >= 0.6 is 0 Å². The molecular weight excluding hydrogens is 436 g/mol. The van der Waals surface area contributed by atoms with Crippen LogP contribution in [0.1, 0.15) is 25.2 Å². The molecule has 0 saturated heterocycles. The first-order valence-electron chi connectivity index (χ1n) is 10.1. The van der Waals surface area contributed by atoms with E-state index in [0.29, 0.717) is 11.4 Å². The summed E-state index contributed by atoms with van der Waals surface area (Å²) >= 11 is 0. The molecule has 0 spiro atoms. The van der Waals surface area contributed by atoms with Gasteiger partial charge in [0, 0.05) is 36.6 Å². The normalized spacial score (nSPS) is 15.5. The predicted octanol–water partition coefficient (Wildman–Crippen LogP) is -2.81. The largest absolute Gasteiger partial charge is 0.480 e. The summed E-state index contributed by atoms with van der Waals surface area (Å²) in [6, 6.07) is -4.77. The van der Waals surface area contributed by atoms with Gasteiger partial charge in [0.05, 0.1) is 24.8 Å². The number of nitrogens with one attached hydrogen (secondary N) is 5. The molecule has 14 nitrogen and oxygen atoms in total. The number of aliphatic carboxylic acids is 1. The number of carbonyl (C=O) groups is 4. The number of nitrogens with two attached hydrogens (primary N) is 1. The highest BCUT2D eigenvalue weighted by Crippen LogP contribution is 2.03. The number of hydrogen-bond acceptors (Lipinski definition) is 8. The number of carboxylic acids is 1. The van der Waals surface area contributed by atoms with Gasteiger partial charge in [0.15, 0.2) is 6.04 Å². The van der Waals surface area contributed by atoms with Gasteiger partial charge >= 0.3 is 5.97 Å². The van der Waals surface area contributed by atoms with E-state index in [4.69, 9.17) is 5.73 Å². The van der Waals surface area contributed by atoms with Crippen LogP contribution in [0.2, 0.25) is 0 Å². The third kappa shape index (κ3) is 7.69. The number of aliphatic hydroxyl groups excluding tert-OH is 1. The molecule has 33 heavy (non-hydrogen) atoms. The van der Waals surface area contributed by atoms with Crippen molar-refractivity contribution in [2.75, 3.05) is 0 Å². The van der Waals surface area contributed by atoms with Gasteiger partial charge in [0.2, 0.25) is 17.7 Å². The van der Waals surface area contributed by atoms with E-state index < -0.39 is 54.0 Å². The lowest BCUT2D eigenvalue weighted by atomic mass is 10.1. The van der Waals surface area contributed by atoms with Gasteiger partial charge in [-0.2, -0.15) is 0 Å². The molecule has 180 valence electrons. The summed E-state index contributed by atoms with van der Waals surface area (Å²) in [4.78, 5) is 62.3. The summed E-state index contributed by atoms with van der Waals surface area (Å²) in [5.41, 5.74) is 7.01. The van der Waals surface area contributed by atoms with Gasteiger partial charge in [0.1, 0.15) is 12.1 Å². The number of aliphatic hydroxyl groups is 1. The first-order chi connectivity index (χ1) is 15.6. The second-order valence-electron chi connectivity index (χ2n) is 7.52. The Morgan fingerprint density at radius 2 is 1.52 bits per heavy atom. The van der Waals surface area contributed by atoms with E-state index in [-0.39, 0.29) is 12.8 Å². The first kappa shape index (κ1) is 25.5. The maximum absolute atomic E-state index is 12.7. The highest BCUT2D eigenvalue weighted by molar-refractivity contribution is 5.94. The predicted molar refractivity (Wildman–Crippen MR) is 113 cm³/mol. The average molecular weight is 464 g/mol. The van der Waals surface area contributed by atoms with Crippen molar-refractivity contribution in [3.8, 4) is 0 Å². The van der Waals surface area contributed by atoms with Crippen LogP contribution in [0.3, 0.4) is 0 Å². The summed E-state index contributed by atoms with van der Waals surface area (Å²) in [6.07, 6.45) is 4.57. The molecule has 0 saturated carbocycles. The third-order valence-corrected chi connectivity index (χ3v) is 4.74. The third-order valence-electron chi connectivity index (χ3n) is 4.74. The molecule has 0 fully saturated rings. The number of rotatable bonds is 12. The molecule has 3 amide bonds. The van der Waals surface area contributed by atoms with Crippen molar-refractivity contribution in [3.63, 3.8) is 0 Å². The molecule has 2 aromatic heterocycles. The SMILES string of the molecule is CC(NC(=O)C(N)Cc1cnc[nH]1)C(=O)NC(Cc1cnc[nH]1)C(=O)NC(C(=O)O)C(C)O. The molecule has 5 unspecified atom stereocenters. The van der Waals surface area contributed by atoms with E-state index in [1.54, 1.807) is 0 Å². The topological polar surface area (TPSA) is 228 Å². The van der Waals surface area contributed by atoms with Crippen molar-refractivity contribution in [3.05, 3.63) is 36.4 Å². The number of hydrogen-bond donors (Lipinski definition) is 8. The molecule has 9 N–H and O–H groups in total.